The predicted molar refractivity (Wildman–Crippen MR) is 74.3 cm³/mol. The van der Waals surface area contributed by atoms with E-state index in [-0.39, 0.29) is 18.4 Å². The second-order valence-corrected chi connectivity index (χ2v) is 4.53. The first-order valence-corrected chi connectivity index (χ1v) is 6.32. The minimum atomic E-state index is -0.138. The lowest BCUT2D eigenvalue weighted by molar-refractivity contribution is -0.119. The summed E-state index contributed by atoms with van der Waals surface area (Å²) in [6.45, 7) is 2.50. The van der Waals surface area contributed by atoms with Crippen LogP contribution in [-0.4, -0.2) is 24.9 Å². The van der Waals surface area contributed by atoms with Crippen LogP contribution in [0.15, 0.2) is 36.4 Å². The third-order valence-electron chi connectivity index (χ3n) is 3.32. The van der Waals surface area contributed by atoms with Gasteiger partial charge in [-0.2, -0.15) is 0 Å². The van der Waals surface area contributed by atoms with Crippen molar-refractivity contribution >= 4 is 28.3 Å². The van der Waals surface area contributed by atoms with Crippen LogP contribution in [0.25, 0.3) is 10.8 Å². The van der Waals surface area contributed by atoms with Crippen LogP contribution in [0.4, 0.5) is 5.69 Å². The van der Waals surface area contributed by atoms with Crippen molar-refractivity contribution in [2.45, 2.75) is 6.92 Å². The van der Waals surface area contributed by atoms with E-state index < -0.39 is 0 Å². The zero-order valence-electron chi connectivity index (χ0n) is 10.6. The molecular weight excluding hydrogens is 240 g/mol. The van der Waals surface area contributed by atoms with Gasteiger partial charge < -0.3 is 5.32 Å². The molecule has 0 saturated carbocycles. The number of hydrogen-bond acceptors (Lipinski definition) is 2. The molecule has 0 aliphatic carbocycles. The summed E-state index contributed by atoms with van der Waals surface area (Å²) in [5.74, 6) is -0.237. The van der Waals surface area contributed by atoms with Crippen molar-refractivity contribution in [3.8, 4) is 0 Å². The fraction of sp³-hybridized carbons (Fsp3) is 0.200. The molecule has 0 saturated heterocycles. The fourth-order valence-corrected chi connectivity index (χ4v) is 2.53. The highest BCUT2D eigenvalue weighted by atomic mass is 16.2. The lowest BCUT2D eigenvalue weighted by Crippen LogP contribution is -2.38. The number of amides is 2. The number of rotatable bonds is 3. The topological polar surface area (TPSA) is 49.4 Å². The molecule has 0 radical (unpaired) electrons. The van der Waals surface area contributed by atoms with Gasteiger partial charge >= 0.3 is 0 Å². The van der Waals surface area contributed by atoms with Crippen molar-refractivity contribution in [2.75, 3.05) is 18.0 Å². The van der Waals surface area contributed by atoms with Gasteiger partial charge in [0.15, 0.2) is 0 Å². The van der Waals surface area contributed by atoms with Gasteiger partial charge in [0.25, 0.3) is 5.91 Å². The Labute approximate surface area is 111 Å². The van der Waals surface area contributed by atoms with Crippen molar-refractivity contribution in [3.05, 3.63) is 42.0 Å². The van der Waals surface area contributed by atoms with Crippen molar-refractivity contribution in [1.29, 1.82) is 0 Å². The van der Waals surface area contributed by atoms with E-state index >= 15 is 0 Å². The van der Waals surface area contributed by atoms with Gasteiger partial charge in [0.05, 0.1) is 5.69 Å². The molecule has 1 heterocycles. The van der Waals surface area contributed by atoms with Crippen molar-refractivity contribution in [3.63, 3.8) is 0 Å². The average Bonchev–Trinajstić information content (AvgIpc) is 2.68. The Balaban J connectivity index is 2.05. The molecule has 2 aromatic rings. The maximum absolute atomic E-state index is 12.4. The largest absolute Gasteiger partial charge is 0.355 e. The number of hydrogen-bond donors (Lipinski definition) is 1. The van der Waals surface area contributed by atoms with Gasteiger partial charge in [0.1, 0.15) is 6.54 Å². The number of likely N-dealkylation sites (N-methyl/N-ethyl adjacent to an activating group) is 1. The highest BCUT2D eigenvalue weighted by molar-refractivity contribution is 6.26. The number of nitrogens with zero attached hydrogens (tertiary/aromatic N) is 1. The van der Waals surface area contributed by atoms with Crippen LogP contribution in [0.3, 0.4) is 0 Å². The van der Waals surface area contributed by atoms with Crippen LogP contribution in [0.5, 0.6) is 0 Å². The monoisotopic (exact) mass is 254 g/mol. The Morgan fingerprint density at radius 3 is 2.68 bits per heavy atom. The van der Waals surface area contributed by atoms with E-state index in [1.54, 1.807) is 4.90 Å². The molecule has 4 heteroatoms. The Morgan fingerprint density at radius 1 is 1.21 bits per heavy atom. The summed E-state index contributed by atoms with van der Waals surface area (Å²) in [6, 6.07) is 11.4. The lowest BCUT2D eigenvalue weighted by Gasteiger charge is -2.16. The predicted octanol–water partition coefficient (Wildman–Crippen LogP) is 1.94. The second-order valence-electron chi connectivity index (χ2n) is 4.53. The van der Waals surface area contributed by atoms with Crippen molar-refractivity contribution in [2.24, 2.45) is 0 Å². The van der Waals surface area contributed by atoms with Gasteiger partial charge in [-0.1, -0.05) is 24.3 Å². The molecule has 0 unspecified atom stereocenters. The standard InChI is InChI=1S/C15H14N2O2/c1-2-16-13(18)9-17-12-8-4-6-10-5-3-7-11(14(10)12)15(17)19/h3-8H,2,9H2,1H3,(H,16,18). The normalized spacial score (nSPS) is 13.1. The number of anilines is 1. The van der Waals surface area contributed by atoms with Crippen molar-refractivity contribution < 1.29 is 9.59 Å². The van der Waals surface area contributed by atoms with Crippen LogP contribution in [0.2, 0.25) is 0 Å². The van der Waals surface area contributed by atoms with Gasteiger partial charge in [-0.25, -0.2) is 0 Å². The summed E-state index contributed by atoms with van der Waals surface area (Å²) in [6.07, 6.45) is 0. The van der Waals surface area contributed by atoms with Crippen LogP contribution in [-0.2, 0) is 4.79 Å². The van der Waals surface area contributed by atoms with E-state index in [9.17, 15) is 9.59 Å². The van der Waals surface area contributed by atoms with Crippen LogP contribution in [0, 0.1) is 0 Å². The first-order valence-electron chi connectivity index (χ1n) is 6.32. The molecule has 1 aliphatic heterocycles. The summed E-state index contributed by atoms with van der Waals surface area (Å²) in [5, 5.41) is 4.69. The van der Waals surface area contributed by atoms with E-state index in [2.05, 4.69) is 5.32 Å². The zero-order chi connectivity index (χ0) is 13.4. The number of carbonyl (C=O) groups excluding carboxylic acids is 2. The minimum Gasteiger partial charge on any atom is -0.355 e. The number of carbonyl (C=O) groups is 2. The molecule has 19 heavy (non-hydrogen) atoms. The molecule has 0 bridgehead atoms. The summed E-state index contributed by atoms with van der Waals surface area (Å²) >= 11 is 0. The zero-order valence-corrected chi connectivity index (χ0v) is 10.6. The Kier molecular flexibility index (Phi) is 2.71. The van der Waals surface area contributed by atoms with E-state index in [1.807, 2.05) is 43.3 Å². The van der Waals surface area contributed by atoms with Gasteiger partial charge in [-0.15, -0.1) is 0 Å². The van der Waals surface area contributed by atoms with Gasteiger partial charge in [-0.3, -0.25) is 14.5 Å². The number of benzene rings is 2. The summed E-state index contributed by atoms with van der Waals surface area (Å²) < 4.78 is 0. The Morgan fingerprint density at radius 2 is 1.95 bits per heavy atom. The molecule has 1 aliphatic rings. The summed E-state index contributed by atoms with van der Waals surface area (Å²) in [7, 11) is 0. The molecule has 3 rings (SSSR count). The van der Waals surface area contributed by atoms with E-state index in [1.165, 1.54) is 0 Å². The van der Waals surface area contributed by atoms with Gasteiger partial charge in [-0.05, 0) is 24.4 Å². The lowest BCUT2D eigenvalue weighted by atomic mass is 10.1. The molecule has 1 N–H and O–H groups in total. The molecule has 4 nitrogen and oxygen atoms in total. The molecular formula is C15H14N2O2. The Bertz CT molecular complexity index is 674. The first kappa shape index (κ1) is 11.7. The third-order valence-corrected chi connectivity index (χ3v) is 3.32. The van der Waals surface area contributed by atoms with Crippen LogP contribution < -0.4 is 10.2 Å². The summed E-state index contributed by atoms with van der Waals surface area (Å²) in [5.41, 5.74) is 1.50. The quantitative estimate of drug-likeness (QED) is 0.910. The fourth-order valence-electron chi connectivity index (χ4n) is 2.53. The number of nitrogens with one attached hydrogen (secondary N) is 1. The minimum absolute atomic E-state index is 0.0699. The molecule has 0 atom stereocenters. The maximum Gasteiger partial charge on any atom is 0.259 e. The Hall–Kier alpha value is -2.36. The smallest absolute Gasteiger partial charge is 0.259 e. The molecule has 0 spiro atoms. The highest BCUT2D eigenvalue weighted by Crippen LogP contribution is 2.36. The maximum atomic E-state index is 12.4. The van der Waals surface area contributed by atoms with Crippen molar-refractivity contribution in [1.82, 2.24) is 5.32 Å². The molecule has 0 aromatic heterocycles. The second kappa shape index (κ2) is 4.39. The van der Waals surface area contributed by atoms with E-state index in [0.29, 0.717) is 12.1 Å². The molecule has 2 amide bonds. The molecule has 96 valence electrons. The molecule has 2 aromatic carbocycles. The molecule has 0 fully saturated rings. The third kappa shape index (κ3) is 1.76. The SMILES string of the molecule is CCNC(=O)CN1C(=O)c2cccc3cccc1c23. The van der Waals surface area contributed by atoms with Gasteiger partial charge in [0.2, 0.25) is 5.91 Å². The first-order chi connectivity index (χ1) is 9.22. The van der Waals surface area contributed by atoms with Gasteiger partial charge in [0, 0.05) is 17.5 Å². The summed E-state index contributed by atoms with van der Waals surface area (Å²) in [4.78, 5) is 25.6. The van der Waals surface area contributed by atoms with Crippen LogP contribution >= 0.6 is 0 Å². The highest BCUT2D eigenvalue weighted by Gasteiger charge is 2.30. The van der Waals surface area contributed by atoms with E-state index in [0.717, 1.165) is 16.5 Å². The van der Waals surface area contributed by atoms with Crippen LogP contribution in [0.1, 0.15) is 17.3 Å². The van der Waals surface area contributed by atoms with E-state index in [4.69, 9.17) is 0 Å². The average molecular weight is 254 g/mol.